The molecule has 43 heavy (non-hydrogen) atoms. The second kappa shape index (κ2) is 12.2. The molecule has 0 bridgehead atoms. The van der Waals surface area contributed by atoms with Gasteiger partial charge >= 0.3 is 277 Å². The summed E-state index contributed by atoms with van der Waals surface area (Å²) in [7, 11) is 0. The first kappa shape index (κ1) is 34.2. The fourth-order valence-electron chi connectivity index (χ4n) is 10.6. The van der Waals surface area contributed by atoms with Crippen LogP contribution in [0.3, 0.4) is 0 Å². The van der Waals surface area contributed by atoms with Crippen molar-refractivity contribution in [3.63, 3.8) is 0 Å². The number of hydrogen-bond donors (Lipinski definition) is 0. The molecule has 2 aliphatic carbocycles. The summed E-state index contributed by atoms with van der Waals surface area (Å²) in [5, 5.41) is 0. The molecule has 0 radical (unpaired) electrons. The molecule has 2 unspecified atom stereocenters. The Morgan fingerprint density at radius 3 is 1.21 bits per heavy atom. The van der Waals surface area contributed by atoms with E-state index in [9.17, 15) is 0 Å². The first-order chi connectivity index (χ1) is 20.0. The first-order valence-electron chi connectivity index (χ1n) is 17.7. The molecule has 1 fully saturated rings. The maximum atomic E-state index is 3.00. The van der Waals surface area contributed by atoms with Gasteiger partial charge in [0.2, 0.25) is 0 Å². The topological polar surface area (TPSA) is 0 Å². The zero-order valence-corrected chi connectivity index (χ0v) is 36.2. The van der Waals surface area contributed by atoms with Crippen LogP contribution in [0.5, 0.6) is 0 Å². The molecule has 1 saturated heterocycles. The van der Waals surface area contributed by atoms with E-state index in [0.29, 0.717) is 23.7 Å². The molecule has 2 aromatic carbocycles. The summed E-state index contributed by atoms with van der Waals surface area (Å²) in [6, 6.07) is 13.9. The Hall–Kier alpha value is -0.0969. The normalized spacial score (nSPS) is 21.7. The van der Waals surface area contributed by atoms with Crippen LogP contribution in [-0.4, -0.2) is 2.33 Å². The van der Waals surface area contributed by atoms with Gasteiger partial charge in [-0.15, -0.1) is 0 Å². The van der Waals surface area contributed by atoms with Crippen molar-refractivity contribution >= 4 is 14.5 Å². The fourth-order valence-corrected chi connectivity index (χ4v) is 163. The molecule has 234 valence electrons. The zero-order chi connectivity index (χ0) is 31.8. The summed E-state index contributed by atoms with van der Waals surface area (Å²) in [5.74, 6) is 2.33. The Balaban J connectivity index is 1.70. The summed E-state index contributed by atoms with van der Waals surface area (Å²) in [6.07, 6.45) is 8.39. The van der Waals surface area contributed by atoms with Crippen molar-refractivity contribution in [2.24, 2.45) is 0 Å². The van der Waals surface area contributed by atoms with Crippen LogP contribution in [-0.2, 0) is 38.9 Å². The third kappa shape index (κ3) is 5.42. The summed E-state index contributed by atoms with van der Waals surface area (Å²) in [4.78, 5) is 0. The van der Waals surface area contributed by atoms with Crippen LogP contribution in [0, 0.1) is 0 Å². The molecule has 0 saturated carbocycles. The third-order valence-electron chi connectivity index (χ3n) is 12.8. The number of benzene rings is 2. The van der Waals surface area contributed by atoms with Crippen LogP contribution in [0.15, 0.2) is 35.4 Å². The Morgan fingerprint density at radius 2 is 0.907 bits per heavy atom. The first-order valence-corrected chi connectivity index (χ1v) is 40.1. The van der Waals surface area contributed by atoms with E-state index in [-0.39, 0.29) is 0 Å². The average Bonchev–Trinajstić information content (AvgIpc) is 3.62. The Labute approximate surface area is 274 Å². The number of hydrogen-bond acceptors (Lipinski definition) is 0. The van der Waals surface area contributed by atoms with Crippen molar-refractivity contribution in [1.82, 2.24) is 0 Å². The van der Waals surface area contributed by atoms with Crippen molar-refractivity contribution in [2.45, 2.75) is 144 Å². The summed E-state index contributed by atoms with van der Waals surface area (Å²) in [5.41, 5.74) is 16.7. The zero-order valence-electron chi connectivity index (χ0n) is 30.3. The molecule has 1 aliphatic heterocycles. The van der Waals surface area contributed by atoms with Gasteiger partial charge in [-0.1, -0.05) is 0 Å². The van der Waals surface area contributed by atoms with Gasteiger partial charge in [-0.2, -0.15) is 0 Å². The summed E-state index contributed by atoms with van der Waals surface area (Å²) < 4.78 is 12.1. The molecule has 0 spiro atoms. The second-order valence-corrected chi connectivity index (χ2v) is 78.6. The van der Waals surface area contributed by atoms with Crippen LogP contribution >= 0.6 is 0 Å². The van der Waals surface area contributed by atoms with E-state index in [4.69, 9.17) is 0 Å². The van der Waals surface area contributed by atoms with Crippen molar-refractivity contribution < 1.29 is 38.9 Å². The monoisotopic (exact) mass is 750 g/mol. The molecule has 0 aromatic heterocycles. The van der Waals surface area contributed by atoms with Crippen molar-refractivity contribution in [3.8, 4) is 0 Å². The summed E-state index contributed by atoms with van der Waals surface area (Å²) >= 11 is -5.51. The van der Waals surface area contributed by atoms with Gasteiger partial charge in [-0.25, -0.2) is 0 Å². The van der Waals surface area contributed by atoms with Crippen molar-refractivity contribution in [1.29, 1.82) is 0 Å². The van der Waals surface area contributed by atoms with E-state index in [1.165, 1.54) is 12.8 Å². The van der Waals surface area contributed by atoms with Crippen LogP contribution in [0.1, 0.15) is 158 Å². The van der Waals surface area contributed by atoms with Gasteiger partial charge in [0.1, 0.15) is 0 Å². The van der Waals surface area contributed by atoms with Gasteiger partial charge in [-0.3, -0.25) is 0 Å². The van der Waals surface area contributed by atoms with Gasteiger partial charge in [0, 0.05) is 0 Å². The molecule has 0 nitrogen and oxygen atoms in total. The van der Waals surface area contributed by atoms with Crippen molar-refractivity contribution in [3.05, 3.63) is 79.9 Å². The average molecular weight is 753 g/mol. The second-order valence-electron chi connectivity index (χ2n) is 17.2. The number of rotatable bonds is 8. The third-order valence-corrected chi connectivity index (χ3v) is 134. The van der Waals surface area contributed by atoms with E-state index in [0.717, 1.165) is 7.25 Å². The molecule has 3 aliphatic rings. The Kier molecular flexibility index (Phi) is 9.69. The Morgan fingerprint density at radius 1 is 0.558 bits per heavy atom. The SMILES string of the molecule is CC1=Cc2c(C(C)C)cc(C(C)C)cc2[CH]1[Zr]([CH3])([CH3])[Si]1([Zr]([CH3])([CH3])[CH]2C(C)=Cc3c(C(C)C)cc(C(C)C)cc32)CCCC1. The van der Waals surface area contributed by atoms with Crippen molar-refractivity contribution in [2.75, 3.05) is 0 Å². The van der Waals surface area contributed by atoms with Gasteiger partial charge < -0.3 is 0 Å². The predicted molar refractivity (Wildman–Crippen MR) is 190 cm³/mol. The molecule has 0 N–H and O–H groups in total. The maximum absolute atomic E-state index is 3.00. The molecule has 3 heteroatoms. The molecule has 0 amide bonds. The van der Waals surface area contributed by atoms with E-state index < -0.39 is 41.2 Å². The number of fused-ring (bicyclic) bond motifs is 2. The quantitative estimate of drug-likeness (QED) is 0.236. The van der Waals surface area contributed by atoms with E-state index in [1.807, 2.05) is 0 Å². The summed E-state index contributed by atoms with van der Waals surface area (Å²) in [6.45, 7) is 24.4. The fraction of sp³-hybridized carbons (Fsp3) is 0.600. The van der Waals surface area contributed by atoms with Gasteiger partial charge in [0.05, 0.1) is 0 Å². The van der Waals surface area contributed by atoms with Crippen LogP contribution in [0.4, 0.5) is 0 Å². The molecular formula is C40H62SiZr2. The molecule has 2 aromatic rings. The molecule has 1 heterocycles. The Bertz CT molecular complexity index is 1350. The minimum absolute atomic E-state index is 0.579. The predicted octanol–water partition coefficient (Wildman–Crippen LogP) is 13.5. The molecular weight excluding hydrogens is 691 g/mol. The molecule has 2 atom stereocenters. The van der Waals surface area contributed by atoms with E-state index in [2.05, 4.69) is 124 Å². The number of allylic oxidation sites excluding steroid dienone is 2. The van der Waals surface area contributed by atoms with Gasteiger partial charge in [0.15, 0.2) is 0 Å². The minimum atomic E-state index is -2.76. The standard InChI is InChI=1S/2C16H21.C4H8Si.4CH3.2Zr/c2*1-10(2)13-8-14-6-12(5)7-16(14)15(9-13)11(3)4;1-2-4-5-3-1;;;;;;/h2*6-11H,1-5H3;1-4H2;4*1H3;;. The van der Waals surface area contributed by atoms with Crippen LogP contribution in [0.2, 0.25) is 30.6 Å². The van der Waals surface area contributed by atoms with Crippen LogP contribution in [0.25, 0.3) is 12.2 Å². The van der Waals surface area contributed by atoms with Gasteiger partial charge in [-0.05, 0) is 0 Å². The van der Waals surface area contributed by atoms with E-state index in [1.54, 1.807) is 67.7 Å². The van der Waals surface area contributed by atoms with Gasteiger partial charge in [0.25, 0.3) is 0 Å². The molecule has 5 rings (SSSR count). The van der Waals surface area contributed by atoms with Crippen LogP contribution < -0.4 is 0 Å². The van der Waals surface area contributed by atoms with E-state index >= 15 is 0 Å².